The molecule has 0 bridgehead atoms. The second-order valence-corrected chi connectivity index (χ2v) is 22.8. The minimum Gasteiger partial charge on any atom is -1.00 e. The minimum atomic E-state index is -2.56. The van der Waals surface area contributed by atoms with E-state index in [1.807, 2.05) is 0 Å². The van der Waals surface area contributed by atoms with Crippen LogP contribution in [0.25, 0.3) is 22.3 Å². The maximum atomic E-state index is 2.79. The summed E-state index contributed by atoms with van der Waals surface area (Å²) < 4.78 is 6.34. The van der Waals surface area contributed by atoms with Gasteiger partial charge < -0.3 is 24.8 Å². The van der Waals surface area contributed by atoms with Gasteiger partial charge in [-0.05, 0) is 0 Å². The molecule has 0 fully saturated rings. The third-order valence-corrected chi connectivity index (χ3v) is 20.7. The van der Waals surface area contributed by atoms with Crippen molar-refractivity contribution in [1.29, 1.82) is 0 Å². The predicted octanol–water partition coefficient (Wildman–Crippen LogP) is 6.25. The molecule has 0 aliphatic heterocycles. The smallest absolute Gasteiger partial charge is 1.00 e. The molecule has 0 nitrogen and oxygen atoms in total. The first-order valence-electron chi connectivity index (χ1n) is 17.9. The van der Waals surface area contributed by atoms with Crippen molar-refractivity contribution in [3.63, 3.8) is 0 Å². The molecule has 0 saturated heterocycles. The fraction of sp³-hybridized carbons (Fsp3) is 0.413. The Morgan fingerprint density at radius 3 is 1.90 bits per heavy atom. The van der Waals surface area contributed by atoms with Crippen LogP contribution >= 0.6 is 0 Å². The van der Waals surface area contributed by atoms with E-state index in [1.165, 1.54) is 55.6 Å². The standard InChI is InChI=1S/C25H25.C11H14.C10H15.2ClH.Zr/c1-14-12-24(3,4)22-8-16-7-17-9-23-19(15(2)13-25(23,5)6)11-21(17)20(16)10-18(14)22;1-9-5-7-10(8-6-9)11(2,3)4;1-7(2)10-6-8(3)5-9(10)4;;;/h8-12H,7H2,1-6H3;1,5-8H,2-4H3;6-8H,1-4H3;2*1H;/q;;;;;+2/p-2. The van der Waals surface area contributed by atoms with Crippen LogP contribution in [-0.2, 0) is 43.9 Å². The van der Waals surface area contributed by atoms with E-state index < -0.39 is 21.3 Å². The van der Waals surface area contributed by atoms with Gasteiger partial charge in [0.25, 0.3) is 0 Å². The van der Waals surface area contributed by atoms with Crippen LogP contribution in [0.1, 0.15) is 135 Å². The molecule has 3 aromatic carbocycles. The number of rotatable bonds is 4. The maximum Gasteiger partial charge on any atom is -1.00 e. The zero-order valence-electron chi connectivity index (χ0n) is 32.0. The SMILES string of the molecule is CC1=CC(C)(C)c2cc3c(cc21)-c1cc2c(cc1C3)C(C)(C)[C]([Zr+2](=[CH]c1ccc(C(C)(C)C)cc1)[C]1=C(C)C(C(C)C)=CC1C)=C2C.[Cl-].[Cl-]. The summed E-state index contributed by atoms with van der Waals surface area (Å²) in [5.41, 5.74) is 21.2. The van der Waals surface area contributed by atoms with Gasteiger partial charge in [-0.15, -0.1) is 0 Å². The van der Waals surface area contributed by atoms with Crippen molar-refractivity contribution < 1.29 is 46.1 Å². The molecule has 0 saturated carbocycles. The Morgan fingerprint density at radius 1 is 0.776 bits per heavy atom. The van der Waals surface area contributed by atoms with E-state index >= 15 is 0 Å². The number of hydrogen-bond donors (Lipinski definition) is 0. The normalized spacial score (nSPS) is 19.7. The second kappa shape index (κ2) is 12.9. The van der Waals surface area contributed by atoms with E-state index in [0.29, 0.717) is 11.8 Å². The Morgan fingerprint density at radius 2 is 1.35 bits per heavy atom. The van der Waals surface area contributed by atoms with Gasteiger partial charge in [-0.25, -0.2) is 0 Å². The molecule has 3 aromatic rings. The monoisotopic (exact) mass is 766 g/mol. The van der Waals surface area contributed by atoms with Gasteiger partial charge in [-0.2, -0.15) is 0 Å². The molecule has 7 rings (SSSR count). The van der Waals surface area contributed by atoms with Crippen LogP contribution < -0.4 is 24.8 Å². The molecular formula is C46H54Cl2Zr. The molecule has 4 aliphatic rings. The summed E-state index contributed by atoms with van der Waals surface area (Å²) >= 11 is -2.56. The van der Waals surface area contributed by atoms with Crippen molar-refractivity contribution in [2.75, 3.05) is 0 Å². The maximum absolute atomic E-state index is 2.79. The molecule has 1 atom stereocenters. The van der Waals surface area contributed by atoms with Gasteiger partial charge in [0, 0.05) is 0 Å². The number of hydrogen-bond acceptors (Lipinski definition) is 0. The van der Waals surface area contributed by atoms with E-state index in [4.69, 9.17) is 0 Å². The van der Waals surface area contributed by atoms with Gasteiger partial charge >= 0.3 is 295 Å². The second-order valence-electron chi connectivity index (χ2n) is 17.5. The van der Waals surface area contributed by atoms with Gasteiger partial charge in [-0.1, -0.05) is 0 Å². The van der Waals surface area contributed by atoms with Crippen LogP contribution in [0.4, 0.5) is 0 Å². The number of fused-ring (bicyclic) bond motifs is 5. The molecule has 4 aliphatic carbocycles. The molecule has 0 N–H and O–H groups in total. The third kappa shape index (κ3) is 6.07. The molecule has 0 aromatic heterocycles. The van der Waals surface area contributed by atoms with Crippen molar-refractivity contribution in [2.45, 2.75) is 113 Å². The first kappa shape index (κ1) is 38.2. The first-order valence-corrected chi connectivity index (χ1v) is 21.8. The van der Waals surface area contributed by atoms with Crippen LogP contribution in [0.5, 0.6) is 0 Å². The zero-order valence-corrected chi connectivity index (χ0v) is 35.9. The van der Waals surface area contributed by atoms with Crippen molar-refractivity contribution in [3.8, 4) is 11.1 Å². The van der Waals surface area contributed by atoms with Gasteiger partial charge in [0.1, 0.15) is 0 Å². The Hall–Kier alpha value is -2.05. The molecule has 0 amide bonds. The minimum absolute atomic E-state index is 0. The summed E-state index contributed by atoms with van der Waals surface area (Å²) in [5, 5.41) is 0. The van der Waals surface area contributed by atoms with Gasteiger partial charge in [-0.3, -0.25) is 0 Å². The summed E-state index contributed by atoms with van der Waals surface area (Å²) in [6.45, 7) is 31.2. The summed E-state index contributed by atoms with van der Waals surface area (Å²) in [5.74, 6) is 1.06. The molecular weight excluding hydrogens is 715 g/mol. The molecule has 0 heterocycles. The third-order valence-electron chi connectivity index (χ3n) is 11.9. The Kier molecular flexibility index (Phi) is 10.0. The topological polar surface area (TPSA) is 0 Å². The van der Waals surface area contributed by atoms with Crippen molar-refractivity contribution in [3.05, 3.63) is 123 Å². The zero-order chi connectivity index (χ0) is 34.0. The van der Waals surface area contributed by atoms with Gasteiger partial charge in [0.2, 0.25) is 0 Å². The predicted molar refractivity (Wildman–Crippen MR) is 202 cm³/mol. The number of allylic oxidation sites excluding steroid dienone is 8. The molecule has 0 radical (unpaired) electrons. The summed E-state index contributed by atoms with van der Waals surface area (Å²) in [7, 11) is 0. The van der Waals surface area contributed by atoms with Crippen molar-refractivity contribution >= 4 is 14.9 Å². The average molecular weight is 769 g/mol. The van der Waals surface area contributed by atoms with Crippen molar-refractivity contribution in [2.24, 2.45) is 11.8 Å². The van der Waals surface area contributed by atoms with Crippen LogP contribution in [0, 0.1) is 11.8 Å². The molecule has 256 valence electrons. The Bertz CT molecular complexity index is 2030. The molecule has 1 unspecified atom stereocenters. The first-order chi connectivity index (χ1) is 21.9. The molecule has 3 heteroatoms. The average Bonchev–Trinajstić information content (AvgIpc) is 3.62. The fourth-order valence-electron chi connectivity index (χ4n) is 9.53. The largest absolute Gasteiger partial charge is 1.00 e. The van der Waals surface area contributed by atoms with Crippen LogP contribution in [0.15, 0.2) is 78.4 Å². The van der Waals surface area contributed by atoms with E-state index in [9.17, 15) is 0 Å². The molecule has 0 spiro atoms. The Balaban J connectivity index is 0.00000234. The molecule has 49 heavy (non-hydrogen) atoms. The van der Waals surface area contributed by atoms with Crippen LogP contribution in [0.2, 0.25) is 0 Å². The Labute approximate surface area is 317 Å². The number of benzene rings is 3. The van der Waals surface area contributed by atoms with Crippen LogP contribution in [0.3, 0.4) is 0 Å². The van der Waals surface area contributed by atoms with Gasteiger partial charge in [0.05, 0.1) is 0 Å². The number of halogens is 2. The van der Waals surface area contributed by atoms with Crippen molar-refractivity contribution in [1.82, 2.24) is 0 Å². The van der Waals surface area contributed by atoms with E-state index in [2.05, 4.69) is 154 Å². The quantitative estimate of drug-likeness (QED) is 0.231. The van der Waals surface area contributed by atoms with E-state index in [0.717, 1.165) is 6.42 Å². The summed E-state index contributed by atoms with van der Waals surface area (Å²) in [6, 6.07) is 19.8. The summed E-state index contributed by atoms with van der Waals surface area (Å²) in [4.78, 5) is 0. The van der Waals surface area contributed by atoms with Gasteiger partial charge in [0.15, 0.2) is 0 Å². The van der Waals surface area contributed by atoms with E-state index in [-0.39, 0.29) is 41.1 Å². The van der Waals surface area contributed by atoms with Crippen LogP contribution in [-0.4, -0.2) is 3.71 Å². The fourth-order valence-corrected chi connectivity index (χ4v) is 18.3. The summed E-state index contributed by atoms with van der Waals surface area (Å²) in [6.07, 6.45) is 6.10. The van der Waals surface area contributed by atoms with E-state index in [1.54, 1.807) is 28.8 Å².